The number of nitro benzene ring substituents is 1. The molecule has 0 aliphatic rings. The van der Waals surface area contributed by atoms with Crippen molar-refractivity contribution in [2.75, 3.05) is 18.5 Å². The van der Waals surface area contributed by atoms with E-state index in [1.165, 1.54) is 0 Å². The standard InChI is InChI=1S/C10H10BrFN2O4/c1-2-18-9(15)5-13-10-7(12)3-6(11)4-8(10)14(16)17/h3-4,13H,2,5H2,1H3. The molecule has 0 aliphatic carbocycles. The van der Waals surface area contributed by atoms with Gasteiger partial charge in [0.15, 0.2) is 5.82 Å². The van der Waals surface area contributed by atoms with Gasteiger partial charge in [-0.05, 0) is 13.0 Å². The fourth-order valence-electron chi connectivity index (χ4n) is 1.25. The van der Waals surface area contributed by atoms with E-state index in [1.807, 2.05) is 0 Å². The lowest BCUT2D eigenvalue weighted by Gasteiger charge is -2.08. The Labute approximate surface area is 110 Å². The second-order valence-electron chi connectivity index (χ2n) is 3.20. The van der Waals surface area contributed by atoms with E-state index in [9.17, 15) is 19.3 Å². The number of nitrogens with zero attached hydrogens (tertiary/aromatic N) is 1. The Morgan fingerprint density at radius 3 is 2.83 bits per heavy atom. The minimum Gasteiger partial charge on any atom is -0.465 e. The first-order chi connectivity index (χ1) is 8.45. The summed E-state index contributed by atoms with van der Waals surface area (Å²) in [4.78, 5) is 21.1. The molecule has 0 aliphatic heterocycles. The summed E-state index contributed by atoms with van der Waals surface area (Å²) < 4.78 is 18.4. The maximum absolute atomic E-state index is 13.6. The number of benzene rings is 1. The molecule has 0 bridgehead atoms. The molecule has 0 spiro atoms. The molecule has 0 unspecified atom stereocenters. The molecule has 0 radical (unpaired) electrons. The summed E-state index contributed by atoms with van der Waals surface area (Å²) in [5.41, 5.74) is -0.789. The fraction of sp³-hybridized carbons (Fsp3) is 0.300. The number of hydrogen-bond acceptors (Lipinski definition) is 5. The molecule has 1 aromatic rings. The van der Waals surface area contributed by atoms with Gasteiger partial charge in [-0.3, -0.25) is 14.9 Å². The number of nitrogens with one attached hydrogen (secondary N) is 1. The Hall–Kier alpha value is -1.70. The van der Waals surface area contributed by atoms with Crippen molar-refractivity contribution >= 4 is 33.3 Å². The highest BCUT2D eigenvalue weighted by Crippen LogP contribution is 2.31. The number of hydrogen-bond donors (Lipinski definition) is 1. The van der Waals surface area contributed by atoms with Crippen LogP contribution in [0, 0.1) is 15.9 Å². The monoisotopic (exact) mass is 320 g/mol. The predicted octanol–water partition coefficient (Wildman–Crippen LogP) is 2.47. The summed E-state index contributed by atoms with van der Waals surface area (Å²) in [6, 6.07) is 2.22. The zero-order chi connectivity index (χ0) is 13.7. The highest BCUT2D eigenvalue weighted by Gasteiger charge is 2.20. The zero-order valence-corrected chi connectivity index (χ0v) is 11.0. The van der Waals surface area contributed by atoms with Crippen molar-refractivity contribution in [1.82, 2.24) is 0 Å². The molecule has 0 saturated heterocycles. The van der Waals surface area contributed by atoms with Crippen molar-refractivity contribution in [1.29, 1.82) is 0 Å². The molecule has 1 aromatic carbocycles. The van der Waals surface area contributed by atoms with Gasteiger partial charge in [0.1, 0.15) is 12.2 Å². The fourth-order valence-corrected chi connectivity index (χ4v) is 1.67. The van der Waals surface area contributed by atoms with Gasteiger partial charge >= 0.3 is 5.97 Å². The number of carbonyl (C=O) groups is 1. The lowest BCUT2D eigenvalue weighted by molar-refractivity contribution is -0.384. The molecule has 0 fully saturated rings. The van der Waals surface area contributed by atoms with Crippen LogP contribution in [-0.4, -0.2) is 24.0 Å². The topological polar surface area (TPSA) is 81.5 Å². The number of halogens is 2. The molecule has 0 heterocycles. The molecule has 1 N–H and O–H groups in total. The molecular formula is C10H10BrFN2O4. The van der Waals surface area contributed by atoms with E-state index >= 15 is 0 Å². The predicted molar refractivity (Wildman–Crippen MR) is 65.9 cm³/mol. The number of carbonyl (C=O) groups excluding carboxylic acids is 1. The number of ether oxygens (including phenoxy) is 1. The third kappa shape index (κ3) is 3.66. The lowest BCUT2D eigenvalue weighted by Crippen LogP contribution is -2.18. The number of nitro groups is 1. The van der Waals surface area contributed by atoms with Crippen molar-refractivity contribution < 1.29 is 18.8 Å². The molecule has 18 heavy (non-hydrogen) atoms. The van der Waals surface area contributed by atoms with Crippen molar-refractivity contribution in [2.24, 2.45) is 0 Å². The Kier molecular flexibility index (Phi) is 5.02. The Morgan fingerprint density at radius 2 is 2.28 bits per heavy atom. The summed E-state index contributed by atoms with van der Waals surface area (Å²) in [5, 5.41) is 13.1. The van der Waals surface area contributed by atoms with Crippen LogP contribution in [0.15, 0.2) is 16.6 Å². The molecular weight excluding hydrogens is 311 g/mol. The summed E-state index contributed by atoms with van der Waals surface area (Å²) in [7, 11) is 0. The minimum atomic E-state index is -0.819. The molecule has 0 aromatic heterocycles. The first-order valence-electron chi connectivity index (χ1n) is 4.98. The average molecular weight is 321 g/mol. The van der Waals surface area contributed by atoms with E-state index in [4.69, 9.17) is 0 Å². The molecule has 6 nitrogen and oxygen atoms in total. The van der Waals surface area contributed by atoms with Crippen molar-refractivity contribution in [3.63, 3.8) is 0 Å². The van der Waals surface area contributed by atoms with Crippen LogP contribution in [0.25, 0.3) is 0 Å². The molecule has 1 rings (SSSR count). The average Bonchev–Trinajstić information content (AvgIpc) is 2.27. The first-order valence-corrected chi connectivity index (χ1v) is 5.78. The van der Waals surface area contributed by atoms with Crippen LogP contribution >= 0.6 is 15.9 Å². The number of anilines is 1. The summed E-state index contributed by atoms with van der Waals surface area (Å²) >= 11 is 2.96. The normalized spacial score (nSPS) is 9.94. The third-order valence-corrected chi connectivity index (χ3v) is 2.40. The molecule has 0 amide bonds. The highest BCUT2D eigenvalue weighted by molar-refractivity contribution is 9.10. The van der Waals surface area contributed by atoms with E-state index in [0.717, 1.165) is 12.1 Å². The van der Waals surface area contributed by atoms with Crippen LogP contribution < -0.4 is 5.32 Å². The van der Waals surface area contributed by atoms with Gasteiger partial charge in [0.25, 0.3) is 5.69 Å². The van der Waals surface area contributed by atoms with Gasteiger partial charge in [0, 0.05) is 10.5 Å². The SMILES string of the molecule is CCOC(=O)CNc1c(F)cc(Br)cc1[N+](=O)[O-]. The molecule has 8 heteroatoms. The molecule has 0 atom stereocenters. The van der Waals surface area contributed by atoms with Crippen molar-refractivity contribution in [3.05, 3.63) is 32.5 Å². The van der Waals surface area contributed by atoms with Crippen molar-refractivity contribution in [2.45, 2.75) is 6.92 Å². The largest absolute Gasteiger partial charge is 0.465 e. The first kappa shape index (κ1) is 14.4. The number of esters is 1. The van der Waals surface area contributed by atoms with Crippen LogP contribution in [0.3, 0.4) is 0 Å². The maximum atomic E-state index is 13.6. The van der Waals surface area contributed by atoms with E-state index < -0.39 is 22.4 Å². The van der Waals surface area contributed by atoms with Crippen LogP contribution in [0.2, 0.25) is 0 Å². The molecule has 0 saturated carbocycles. The second-order valence-corrected chi connectivity index (χ2v) is 4.11. The Bertz CT molecular complexity index is 481. The van der Waals surface area contributed by atoms with Crippen LogP contribution in [0.4, 0.5) is 15.8 Å². The number of rotatable bonds is 5. The van der Waals surface area contributed by atoms with Crippen molar-refractivity contribution in [3.8, 4) is 0 Å². The van der Waals surface area contributed by atoms with Gasteiger partial charge in [-0.25, -0.2) is 4.39 Å². The molecule has 98 valence electrons. The van der Waals surface area contributed by atoms with Gasteiger partial charge in [-0.2, -0.15) is 0 Å². The van der Waals surface area contributed by atoms with Crippen LogP contribution in [0.1, 0.15) is 6.92 Å². The van der Waals surface area contributed by atoms with Gasteiger partial charge in [0.2, 0.25) is 0 Å². The highest BCUT2D eigenvalue weighted by atomic mass is 79.9. The Balaban J connectivity index is 2.93. The second kappa shape index (κ2) is 6.29. The van der Waals surface area contributed by atoms with Crippen LogP contribution in [0.5, 0.6) is 0 Å². The smallest absolute Gasteiger partial charge is 0.325 e. The van der Waals surface area contributed by atoms with Crippen LogP contribution in [-0.2, 0) is 9.53 Å². The van der Waals surface area contributed by atoms with Gasteiger partial charge in [0.05, 0.1) is 11.5 Å². The van der Waals surface area contributed by atoms with E-state index in [1.54, 1.807) is 6.92 Å². The third-order valence-electron chi connectivity index (χ3n) is 1.95. The van der Waals surface area contributed by atoms with Gasteiger partial charge < -0.3 is 10.1 Å². The summed E-state index contributed by atoms with van der Waals surface area (Å²) in [5.74, 6) is -1.44. The van der Waals surface area contributed by atoms with Gasteiger partial charge in [-0.1, -0.05) is 15.9 Å². The van der Waals surface area contributed by atoms with E-state index in [0.29, 0.717) is 0 Å². The summed E-state index contributed by atoms with van der Waals surface area (Å²) in [6.07, 6.45) is 0. The summed E-state index contributed by atoms with van der Waals surface area (Å²) in [6.45, 7) is 1.47. The van der Waals surface area contributed by atoms with Gasteiger partial charge in [-0.15, -0.1) is 0 Å². The minimum absolute atomic E-state index is 0.186. The quantitative estimate of drug-likeness (QED) is 0.512. The zero-order valence-electron chi connectivity index (χ0n) is 9.41. The lowest BCUT2D eigenvalue weighted by atomic mass is 10.2. The van der Waals surface area contributed by atoms with E-state index in [-0.39, 0.29) is 23.3 Å². The van der Waals surface area contributed by atoms with E-state index in [2.05, 4.69) is 26.0 Å². The Morgan fingerprint density at radius 1 is 1.61 bits per heavy atom. The maximum Gasteiger partial charge on any atom is 0.325 e.